The van der Waals surface area contributed by atoms with Crippen molar-refractivity contribution < 1.29 is 8.42 Å². The first-order valence-electron chi connectivity index (χ1n) is 9.53. The highest BCUT2D eigenvalue weighted by Gasteiger charge is 2.28. The van der Waals surface area contributed by atoms with Crippen LogP contribution in [0, 0.1) is 0 Å². The Kier molecular flexibility index (Phi) is 7.81. The quantitative estimate of drug-likeness (QED) is 0.531. The minimum atomic E-state index is -2.86. The molecule has 6 nitrogen and oxygen atoms in total. The van der Waals surface area contributed by atoms with Crippen LogP contribution in [0.3, 0.4) is 0 Å². The number of guanidine groups is 1. The highest BCUT2D eigenvalue weighted by Crippen LogP contribution is 2.18. The van der Waals surface area contributed by atoms with E-state index in [1.807, 2.05) is 6.92 Å². The molecule has 140 valence electrons. The molecular formula is C17H34N4O2S. The van der Waals surface area contributed by atoms with Crippen molar-refractivity contribution in [1.82, 2.24) is 15.5 Å². The number of nitrogens with one attached hydrogen (secondary N) is 2. The first-order chi connectivity index (χ1) is 11.5. The summed E-state index contributed by atoms with van der Waals surface area (Å²) in [6, 6.07) is 0.517. The zero-order valence-electron chi connectivity index (χ0n) is 15.3. The lowest BCUT2D eigenvalue weighted by Gasteiger charge is -2.35. The van der Waals surface area contributed by atoms with Gasteiger partial charge in [-0.15, -0.1) is 0 Å². The molecule has 2 unspecified atom stereocenters. The van der Waals surface area contributed by atoms with Gasteiger partial charge in [0.05, 0.1) is 18.1 Å². The van der Waals surface area contributed by atoms with Gasteiger partial charge in [-0.1, -0.05) is 19.8 Å². The number of nitrogens with zero attached hydrogens (tertiary/aromatic N) is 2. The molecule has 0 bridgehead atoms. The Morgan fingerprint density at radius 2 is 2.08 bits per heavy atom. The molecule has 2 aliphatic rings. The van der Waals surface area contributed by atoms with Gasteiger partial charge in [-0.3, -0.25) is 9.89 Å². The van der Waals surface area contributed by atoms with Gasteiger partial charge in [0.25, 0.3) is 0 Å². The molecule has 24 heavy (non-hydrogen) atoms. The molecular weight excluding hydrogens is 324 g/mol. The molecule has 2 fully saturated rings. The van der Waals surface area contributed by atoms with Crippen molar-refractivity contribution in [2.45, 2.75) is 64.5 Å². The van der Waals surface area contributed by atoms with Crippen LogP contribution in [0.1, 0.15) is 52.4 Å². The number of hydrogen-bond donors (Lipinski definition) is 2. The molecule has 0 aromatic rings. The van der Waals surface area contributed by atoms with Gasteiger partial charge in [0.15, 0.2) is 15.8 Å². The third kappa shape index (κ3) is 6.24. The van der Waals surface area contributed by atoms with E-state index in [9.17, 15) is 8.42 Å². The largest absolute Gasteiger partial charge is 0.357 e. The fourth-order valence-corrected chi connectivity index (χ4v) is 5.21. The maximum absolute atomic E-state index is 11.6. The number of rotatable bonds is 7. The first kappa shape index (κ1) is 19.5. The van der Waals surface area contributed by atoms with E-state index in [0.717, 1.165) is 19.0 Å². The van der Waals surface area contributed by atoms with Crippen molar-refractivity contribution in [1.29, 1.82) is 0 Å². The zero-order chi connectivity index (χ0) is 17.4. The Morgan fingerprint density at radius 3 is 2.75 bits per heavy atom. The Bertz CT molecular complexity index is 507. The van der Waals surface area contributed by atoms with Crippen molar-refractivity contribution in [2.75, 3.05) is 37.7 Å². The van der Waals surface area contributed by atoms with Crippen LogP contribution in [0.25, 0.3) is 0 Å². The van der Waals surface area contributed by atoms with Crippen LogP contribution in [0.2, 0.25) is 0 Å². The van der Waals surface area contributed by atoms with Crippen LogP contribution in [-0.2, 0) is 9.84 Å². The van der Waals surface area contributed by atoms with Crippen LogP contribution in [0.4, 0.5) is 0 Å². The molecule has 0 saturated carbocycles. The van der Waals surface area contributed by atoms with Gasteiger partial charge < -0.3 is 10.6 Å². The van der Waals surface area contributed by atoms with Crippen molar-refractivity contribution in [3.8, 4) is 0 Å². The van der Waals surface area contributed by atoms with Gasteiger partial charge in [0.2, 0.25) is 0 Å². The second-order valence-corrected chi connectivity index (χ2v) is 9.23. The van der Waals surface area contributed by atoms with Gasteiger partial charge in [-0.25, -0.2) is 8.42 Å². The summed E-state index contributed by atoms with van der Waals surface area (Å²) in [6.45, 7) is 8.21. The number of aliphatic imine (C=N–C) groups is 1. The molecule has 0 radical (unpaired) electrons. The third-order valence-corrected chi connectivity index (χ3v) is 6.69. The van der Waals surface area contributed by atoms with Gasteiger partial charge in [-0.05, 0) is 45.7 Å². The number of piperidine rings is 1. The van der Waals surface area contributed by atoms with Gasteiger partial charge in [0.1, 0.15) is 0 Å². The summed E-state index contributed by atoms with van der Waals surface area (Å²) in [5.74, 6) is 1.28. The minimum absolute atomic E-state index is 0.00431. The van der Waals surface area contributed by atoms with Gasteiger partial charge in [0, 0.05) is 18.6 Å². The molecule has 0 aliphatic carbocycles. The molecule has 0 spiro atoms. The van der Waals surface area contributed by atoms with Crippen LogP contribution in [-0.4, -0.2) is 69.0 Å². The summed E-state index contributed by atoms with van der Waals surface area (Å²) in [4.78, 5) is 7.35. The smallest absolute Gasteiger partial charge is 0.191 e. The zero-order valence-corrected chi connectivity index (χ0v) is 16.1. The highest BCUT2D eigenvalue weighted by molar-refractivity contribution is 7.91. The maximum Gasteiger partial charge on any atom is 0.191 e. The minimum Gasteiger partial charge on any atom is -0.357 e. The Hall–Kier alpha value is -0.820. The Labute approximate surface area is 147 Å². The highest BCUT2D eigenvalue weighted by atomic mass is 32.2. The van der Waals surface area contributed by atoms with Crippen molar-refractivity contribution in [2.24, 2.45) is 4.99 Å². The summed E-state index contributed by atoms with van der Waals surface area (Å²) in [5, 5.41) is 6.57. The molecule has 0 amide bonds. The van der Waals surface area contributed by atoms with E-state index in [0.29, 0.717) is 12.5 Å². The monoisotopic (exact) mass is 358 g/mol. The average molecular weight is 359 g/mol. The maximum atomic E-state index is 11.6. The molecule has 2 rings (SSSR count). The molecule has 2 heterocycles. The average Bonchev–Trinajstić information content (AvgIpc) is 2.90. The summed E-state index contributed by atoms with van der Waals surface area (Å²) in [6.07, 6.45) is 6.95. The van der Waals surface area contributed by atoms with Crippen LogP contribution < -0.4 is 10.6 Å². The van der Waals surface area contributed by atoms with E-state index >= 15 is 0 Å². The normalized spacial score (nSPS) is 28.0. The van der Waals surface area contributed by atoms with E-state index in [2.05, 4.69) is 22.5 Å². The van der Waals surface area contributed by atoms with Crippen LogP contribution >= 0.6 is 0 Å². The lowest BCUT2D eigenvalue weighted by atomic mass is 10.0. The van der Waals surface area contributed by atoms with E-state index in [1.54, 1.807) is 0 Å². The SMILES string of the molecule is CCCCN1CCCCC1CN=C(NCC)NC1CCS(=O)(=O)C1. The second kappa shape index (κ2) is 9.61. The van der Waals surface area contributed by atoms with Crippen molar-refractivity contribution in [3.63, 3.8) is 0 Å². The molecule has 2 N–H and O–H groups in total. The number of unbranched alkanes of at least 4 members (excludes halogenated alkanes) is 1. The van der Waals surface area contributed by atoms with Crippen molar-refractivity contribution >= 4 is 15.8 Å². The molecule has 0 aromatic heterocycles. The van der Waals surface area contributed by atoms with Crippen LogP contribution in [0.5, 0.6) is 0 Å². The van der Waals surface area contributed by atoms with E-state index in [4.69, 9.17) is 4.99 Å². The van der Waals surface area contributed by atoms with Gasteiger partial charge in [-0.2, -0.15) is 0 Å². The first-order valence-corrected chi connectivity index (χ1v) is 11.4. The topological polar surface area (TPSA) is 73.8 Å². The standard InChI is InChI=1S/C17H34N4O2S/c1-3-5-10-21-11-7-6-8-16(21)13-19-17(18-4-2)20-15-9-12-24(22,23)14-15/h15-16H,3-14H2,1-2H3,(H2,18,19,20). The van der Waals surface area contributed by atoms with Gasteiger partial charge >= 0.3 is 0 Å². The van der Waals surface area contributed by atoms with Crippen molar-refractivity contribution in [3.05, 3.63) is 0 Å². The summed E-state index contributed by atoms with van der Waals surface area (Å²) < 4.78 is 23.2. The number of hydrogen-bond acceptors (Lipinski definition) is 4. The summed E-state index contributed by atoms with van der Waals surface area (Å²) in [7, 11) is -2.86. The molecule has 7 heteroatoms. The predicted molar refractivity (Wildman–Crippen MR) is 100 cm³/mol. The number of sulfone groups is 1. The fourth-order valence-electron chi connectivity index (χ4n) is 3.54. The fraction of sp³-hybridized carbons (Fsp3) is 0.941. The molecule has 2 atom stereocenters. The van der Waals surface area contributed by atoms with E-state index in [1.165, 1.54) is 45.2 Å². The van der Waals surface area contributed by atoms with Crippen LogP contribution in [0.15, 0.2) is 4.99 Å². The predicted octanol–water partition coefficient (Wildman–Crippen LogP) is 1.38. The van der Waals surface area contributed by atoms with E-state index < -0.39 is 9.84 Å². The molecule has 2 aliphatic heterocycles. The number of likely N-dealkylation sites (tertiary alicyclic amines) is 1. The summed E-state index contributed by atoms with van der Waals surface area (Å²) >= 11 is 0. The molecule has 2 saturated heterocycles. The second-order valence-electron chi connectivity index (χ2n) is 7.00. The third-order valence-electron chi connectivity index (χ3n) is 4.93. The Morgan fingerprint density at radius 1 is 1.25 bits per heavy atom. The lowest BCUT2D eigenvalue weighted by Crippen LogP contribution is -2.46. The molecule has 0 aromatic carbocycles. The Balaban J connectivity index is 1.91. The van der Waals surface area contributed by atoms with E-state index in [-0.39, 0.29) is 17.5 Å². The lowest BCUT2D eigenvalue weighted by molar-refractivity contribution is 0.151. The summed E-state index contributed by atoms with van der Waals surface area (Å²) in [5.41, 5.74) is 0.